The summed E-state index contributed by atoms with van der Waals surface area (Å²) in [6.45, 7) is 0. The van der Waals surface area contributed by atoms with Crippen LogP contribution in [0.3, 0.4) is 0 Å². The first kappa shape index (κ1) is 13.3. The molecule has 0 bridgehead atoms. The van der Waals surface area contributed by atoms with Crippen LogP contribution >= 0.6 is 0 Å². The zero-order valence-electron chi connectivity index (χ0n) is 12.4. The van der Waals surface area contributed by atoms with Crippen molar-refractivity contribution < 1.29 is 0 Å². The molecule has 0 aliphatic heterocycles. The topological polar surface area (TPSA) is 63.6 Å². The second-order valence-corrected chi connectivity index (χ2v) is 5.36. The van der Waals surface area contributed by atoms with Gasteiger partial charge in [-0.1, -0.05) is 18.2 Å². The molecule has 5 nitrogen and oxygen atoms in total. The number of aromatic nitrogens is 3. The van der Waals surface area contributed by atoms with Crippen LogP contribution in [0.25, 0.3) is 27.5 Å². The van der Waals surface area contributed by atoms with E-state index in [1.165, 1.54) is 4.68 Å². The van der Waals surface area contributed by atoms with Gasteiger partial charge in [0.25, 0.3) is 5.56 Å². The molecule has 0 atom stereocenters. The highest BCUT2D eigenvalue weighted by molar-refractivity contribution is 6.07. The molecule has 0 amide bonds. The Morgan fingerprint density at radius 1 is 1.04 bits per heavy atom. The lowest BCUT2D eigenvalue weighted by atomic mass is 10.2. The molecule has 0 aliphatic rings. The van der Waals surface area contributed by atoms with Crippen molar-refractivity contribution in [2.45, 2.75) is 0 Å². The first-order chi connectivity index (χ1) is 11.2. The molecule has 4 aromatic rings. The normalized spacial score (nSPS) is 11.0. The number of aryl methyl sites for hydroxylation is 1. The molecular weight excluding hydrogens is 288 g/mol. The lowest BCUT2D eigenvalue weighted by molar-refractivity contribution is 0.811. The van der Waals surface area contributed by atoms with E-state index >= 15 is 0 Å². The largest absolute Gasteiger partial charge is 0.339 e. The molecule has 5 heteroatoms. The molecule has 110 valence electrons. The van der Waals surface area contributed by atoms with Crippen LogP contribution in [0, 0.1) is 11.3 Å². The Morgan fingerprint density at radius 3 is 2.52 bits per heavy atom. The highest BCUT2D eigenvalue weighted by Gasteiger charge is 2.14. The Kier molecular flexibility index (Phi) is 2.78. The van der Waals surface area contributed by atoms with Gasteiger partial charge in [-0.2, -0.15) is 15.0 Å². The molecule has 4 rings (SSSR count). The van der Waals surface area contributed by atoms with Gasteiger partial charge in [-0.3, -0.25) is 4.79 Å². The van der Waals surface area contributed by atoms with Crippen LogP contribution < -0.4 is 5.56 Å². The maximum atomic E-state index is 12.9. The van der Waals surface area contributed by atoms with E-state index in [1.54, 1.807) is 30.5 Å². The molecule has 0 saturated carbocycles. The van der Waals surface area contributed by atoms with Gasteiger partial charge in [0.15, 0.2) is 0 Å². The van der Waals surface area contributed by atoms with Gasteiger partial charge in [0.1, 0.15) is 5.52 Å². The summed E-state index contributed by atoms with van der Waals surface area (Å²) in [4.78, 5) is 12.9. The summed E-state index contributed by atoms with van der Waals surface area (Å²) < 4.78 is 3.26. The molecule has 2 aromatic carbocycles. The number of nitriles is 1. The highest BCUT2D eigenvalue weighted by Crippen LogP contribution is 2.25. The van der Waals surface area contributed by atoms with E-state index in [-0.39, 0.29) is 5.56 Å². The van der Waals surface area contributed by atoms with E-state index in [1.807, 2.05) is 35.9 Å². The third-order valence-corrected chi connectivity index (χ3v) is 4.08. The van der Waals surface area contributed by atoms with Gasteiger partial charge in [-0.05, 0) is 30.3 Å². The van der Waals surface area contributed by atoms with Crippen molar-refractivity contribution >= 4 is 21.8 Å². The summed E-state index contributed by atoms with van der Waals surface area (Å²) in [5, 5.41) is 15.0. The minimum atomic E-state index is -0.175. The summed E-state index contributed by atoms with van der Waals surface area (Å²) in [6, 6.07) is 16.7. The number of hydrogen-bond donors (Lipinski definition) is 0. The fraction of sp³-hybridized carbons (Fsp3) is 0.0556. The van der Waals surface area contributed by atoms with Crippen molar-refractivity contribution in [1.82, 2.24) is 14.3 Å². The van der Waals surface area contributed by atoms with E-state index < -0.39 is 0 Å². The van der Waals surface area contributed by atoms with Gasteiger partial charge in [0, 0.05) is 23.3 Å². The predicted molar refractivity (Wildman–Crippen MR) is 88.5 cm³/mol. The van der Waals surface area contributed by atoms with Crippen LogP contribution in [0.4, 0.5) is 0 Å². The first-order valence-electron chi connectivity index (χ1n) is 7.16. The van der Waals surface area contributed by atoms with Crippen LogP contribution in [0.15, 0.2) is 59.5 Å². The Morgan fingerprint density at radius 2 is 1.78 bits per heavy atom. The molecule has 0 N–H and O–H groups in total. The van der Waals surface area contributed by atoms with Crippen LogP contribution in [0.5, 0.6) is 0 Å². The summed E-state index contributed by atoms with van der Waals surface area (Å²) in [5.74, 6) is 0. The molecule has 0 spiro atoms. The lowest BCUT2D eigenvalue weighted by Crippen LogP contribution is -2.22. The second kappa shape index (κ2) is 4.82. The zero-order valence-corrected chi connectivity index (χ0v) is 12.4. The molecule has 0 unspecified atom stereocenters. The van der Waals surface area contributed by atoms with Gasteiger partial charge < -0.3 is 4.57 Å². The maximum Gasteiger partial charge on any atom is 0.296 e. The average Bonchev–Trinajstić information content (AvgIpc) is 2.89. The summed E-state index contributed by atoms with van der Waals surface area (Å²) >= 11 is 0. The third kappa shape index (κ3) is 1.86. The van der Waals surface area contributed by atoms with Crippen LogP contribution in [0.2, 0.25) is 0 Å². The molecule has 0 fully saturated rings. The molecular formula is C18H12N4O. The maximum absolute atomic E-state index is 12.9. The van der Waals surface area contributed by atoms with Crippen molar-refractivity contribution in [2.24, 2.45) is 7.05 Å². The van der Waals surface area contributed by atoms with Gasteiger partial charge in [0.05, 0.1) is 23.5 Å². The molecule has 0 saturated heterocycles. The quantitative estimate of drug-likeness (QED) is 0.543. The standard InChI is InChI=1S/C18H12N4O/c1-21-16-5-3-2-4-14(16)15-11-20-22(18(23)17(15)21)13-8-6-12(10-19)7-9-13/h2-9,11H,1H3. The van der Waals surface area contributed by atoms with E-state index in [9.17, 15) is 4.79 Å². The van der Waals surface area contributed by atoms with Crippen molar-refractivity contribution in [3.63, 3.8) is 0 Å². The third-order valence-electron chi connectivity index (χ3n) is 4.08. The highest BCUT2D eigenvalue weighted by atomic mass is 16.1. The Labute approximate surface area is 131 Å². The van der Waals surface area contributed by atoms with Crippen molar-refractivity contribution in [3.8, 4) is 11.8 Å². The smallest absolute Gasteiger partial charge is 0.296 e. The zero-order chi connectivity index (χ0) is 16.0. The molecule has 0 radical (unpaired) electrons. The number of para-hydroxylation sites is 1. The van der Waals surface area contributed by atoms with Crippen molar-refractivity contribution in [2.75, 3.05) is 0 Å². The summed E-state index contributed by atoms with van der Waals surface area (Å²) in [6.07, 6.45) is 1.72. The number of nitrogens with zero attached hydrogens (tertiary/aromatic N) is 4. The number of fused-ring (bicyclic) bond motifs is 3. The fourth-order valence-corrected chi connectivity index (χ4v) is 2.94. The lowest BCUT2D eigenvalue weighted by Gasteiger charge is -2.05. The molecule has 23 heavy (non-hydrogen) atoms. The SMILES string of the molecule is Cn1c2ccccc2c2cnn(-c3ccc(C#N)cc3)c(=O)c21. The van der Waals surface area contributed by atoms with E-state index in [2.05, 4.69) is 11.2 Å². The van der Waals surface area contributed by atoms with Crippen LogP contribution in [0.1, 0.15) is 5.56 Å². The molecule has 0 aliphatic carbocycles. The number of hydrogen-bond acceptors (Lipinski definition) is 3. The summed E-state index contributed by atoms with van der Waals surface area (Å²) in [5.41, 5.74) is 2.63. The van der Waals surface area contributed by atoms with Crippen LogP contribution in [-0.2, 0) is 7.05 Å². The molecule has 2 heterocycles. The summed E-state index contributed by atoms with van der Waals surface area (Å²) in [7, 11) is 1.88. The van der Waals surface area contributed by atoms with E-state index in [0.717, 1.165) is 16.3 Å². The van der Waals surface area contributed by atoms with E-state index in [0.29, 0.717) is 16.8 Å². The van der Waals surface area contributed by atoms with Crippen molar-refractivity contribution in [3.05, 3.63) is 70.6 Å². The van der Waals surface area contributed by atoms with Crippen LogP contribution in [-0.4, -0.2) is 14.3 Å². The molecule has 2 aromatic heterocycles. The minimum absolute atomic E-state index is 0.175. The Balaban J connectivity index is 2.05. The second-order valence-electron chi connectivity index (χ2n) is 5.36. The van der Waals surface area contributed by atoms with E-state index in [4.69, 9.17) is 5.26 Å². The first-order valence-corrected chi connectivity index (χ1v) is 7.16. The predicted octanol–water partition coefficient (Wildman–Crippen LogP) is 2.75. The average molecular weight is 300 g/mol. The Hall–Kier alpha value is -3.39. The van der Waals surface area contributed by atoms with Gasteiger partial charge in [-0.15, -0.1) is 0 Å². The van der Waals surface area contributed by atoms with Gasteiger partial charge in [0.2, 0.25) is 0 Å². The van der Waals surface area contributed by atoms with Gasteiger partial charge in [-0.25, -0.2) is 0 Å². The number of benzene rings is 2. The fourth-order valence-electron chi connectivity index (χ4n) is 2.94. The number of rotatable bonds is 1. The Bertz CT molecular complexity index is 1140. The minimum Gasteiger partial charge on any atom is -0.339 e. The van der Waals surface area contributed by atoms with Gasteiger partial charge >= 0.3 is 0 Å². The van der Waals surface area contributed by atoms with Crippen molar-refractivity contribution in [1.29, 1.82) is 5.26 Å². The monoisotopic (exact) mass is 300 g/mol.